The summed E-state index contributed by atoms with van der Waals surface area (Å²) in [7, 11) is 1.95. The van der Waals surface area contributed by atoms with Crippen LogP contribution in [-0.2, 0) is 4.79 Å². The van der Waals surface area contributed by atoms with Crippen molar-refractivity contribution in [1.29, 1.82) is 0 Å². The lowest BCUT2D eigenvalue weighted by atomic mass is 10.0. The van der Waals surface area contributed by atoms with E-state index < -0.39 is 0 Å². The van der Waals surface area contributed by atoms with Crippen LogP contribution in [0.2, 0.25) is 0 Å². The summed E-state index contributed by atoms with van der Waals surface area (Å²) in [4.78, 5) is 14.6. The van der Waals surface area contributed by atoms with E-state index in [0.29, 0.717) is 13.0 Å². The van der Waals surface area contributed by atoms with E-state index in [2.05, 4.69) is 5.32 Å². The van der Waals surface area contributed by atoms with Gasteiger partial charge in [0.1, 0.15) is 6.04 Å². The maximum atomic E-state index is 12.5. The van der Waals surface area contributed by atoms with Crippen molar-refractivity contribution in [2.45, 2.75) is 39.3 Å². The lowest BCUT2D eigenvalue weighted by molar-refractivity contribution is -0.126. The van der Waals surface area contributed by atoms with Crippen LogP contribution in [0.1, 0.15) is 38.8 Å². The number of aliphatic hydroxyl groups excluding tert-OH is 1. The van der Waals surface area contributed by atoms with Gasteiger partial charge in [-0.15, -0.1) is 0 Å². The van der Waals surface area contributed by atoms with Gasteiger partial charge in [-0.25, -0.2) is 0 Å². The zero-order valence-electron chi connectivity index (χ0n) is 13.5. The second-order valence-electron chi connectivity index (χ2n) is 5.82. The highest BCUT2D eigenvalue weighted by molar-refractivity contribution is 5.83. The van der Waals surface area contributed by atoms with Crippen LogP contribution >= 0.6 is 0 Å². The highest BCUT2D eigenvalue weighted by Gasteiger charge is 2.24. The standard InChI is InChI=1S/C17H28N2O2/c1-5-19(4)16(15-9-7-6-8-10-15)17(21)18-12-13(2)11-14(3)20/h6-10,13-14,16,20H,5,11-12H2,1-4H3,(H,18,21). The van der Waals surface area contributed by atoms with Gasteiger partial charge in [0.15, 0.2) is 0 Å². The van der Waals surface area contributed by atoms with E-state index in [-0.39, 0.29) is 24.0 Å². The van der Waals surface area contributed by atoms with Gasteiger partial charge in [0.25, 0.3) is 0 Å². The minimum absolute atomic E-state index is 0.0167. The van der Waals surface area contributed by atoms with Crippen LogP contribution in [0.3, 0.4) is 0 Å². The number of carbonyl (C=O) groups excluding carboxylic acids is 1. The van der Waals surface area contributed by atoms with E-state index in [0.717, 1.165) is 12.1 Å². The first kappa shape index (κ1) is 17.7. The van der Waals surface area contributed by atoms with Gasteiger partial charge >= 0.3 is 0 Å². The van der Waals surface area contributed by atoms with Crippen LogP contribution in [0.25, 0.3) is 0 Å². The molecule has 0 aliphatic rings. The van der Waals surface area contributed by atoms with Gasteiger partial charge < -0.3 is 10.4 Å². The summed E-state index contributed by atoms with van der Waals surface area (Å²) >= 11 is 0. The molecule has 21 heavy (non-hydrogen) atoms. The molecule has 4 nitrogen and oxygen atoms in total. The lowest BCUT2D eigenvalue weighted by Gasteiger charge is -2.27. The van der Waals surface area contributed by atoms with E-state index in [9.17, 15) is 9.90 Å². The van der Waals surface area contributed by atoms with Crippen molar-refractivity contribution in [2.75, 3.05) is 20.1 Å². The molecule has 0 saturated heterocycles. The molecule has 118 valence electrons. The topological polar surface area (TPSA) is 52.6 Å². The third-order valence-electron chi connectivity index (χ3n) is 3.67. The molecule has 0 heterocycles. The van der Waals surface area contributed by atoms with E-state index in [1.807, 2.05) is 56.1 Å². The first-order chi connectivity index (χ1) is 9.95. The zero-order valence-corrected chi connectivity index (χ0v) is 13.5. The van der Waals surface area contributed by atoms with Crippen LogP contribution < -0.4 is 5.32 Å². The smallest absolute Gasteiger partial charge is 0.241 e. The molecule has 0 aromatic heterocycles. The molecule has 3 atom stereocenters. The van der Waals surface area contributed by atoms with E-state index >= 15 is 0 Å². The molecule has 1 aromatic rings. The van der Waals surface area contributed by atoms with Gasteiger partial charge in [-0.1, -0.05) is 44.2 Å². The predicted molar refractivity (Wildman–Crippen MR) is 86.0 cm³/mol. The maximum absolute atomic E-state index is 12.5. The van der Waals surface area contributed by atoms with Crippen LogP contribution in [0.4, 0.5) is 0 Å². The Morgan fingerprint density at radius 2 is 1.90 bits per heavy atom. The van der Waals surface area contributed by atoms with Gasteiger partial charge in [-0.05, 0) is 38.4 Å². The summed E-state index contributed by atoms with van der Waals surface area (Å²) in [6.45, 7) is 7.24. The second kappa shape index (κ2) is 8.80. The molecule has 1 amide bonds. The van der Waals surface area contributed by atoms with Gasteiger partial charge in [-0.2, -0.15) is 0 Å². The highest BCUT2D eigenvalue weighted by atomic mass is 16.3. The van der Waals surface area contributed by atoms with Crippen LogP contribution in [-0.4, -0.2) is 42.2 Å². The van der Waals surface area contributed by atoms with Gasteiger partial charge in [0.05, 0.1) is 6.10 Å². The highest BCUT2D eigenvalue weighted by Crippen LogP contribution is 2.19. The van der Waals surface area contributed by atoms with Crippen molar-refractivity contribution in [3.8, 4) is 0 Å². The molecule has 0 aliphatic carbocycles. The molecule has 0 radical (unpaired) electrons. The molecule has 0 fully saturated rings. The molecule has 1 aromatic carbocycles. The quantitative estimate of drug-likeness (QED) is 0.772. The van der Waals surface area contributed by atoms with E-state index in [4.69, 9.17) is 0 Å². The average molecular weight is 292 g/mol. The largest absolute Gasteiger partial charge is 0.393 e. The van der Waals surface area contributed by atoms with Crippen LogP contribution in [0, 0.1) is 5.92 Å². The van der Waals surface area contributed by atoms with E-state index in [1.165, 1.54) is 0 Å². The van der Waals surface area contributed by atoms with Crippen molar-refractivity contribution in [3.63, 3.8) is 0 Å². The number of amides is 1. The monoisotopic (exact) mass is 292 g/mol. The Morgan fingerprint density at radius 3 is 2.43 bits per heavy atom. The molecular weight excluding hydrogens is 264 g/mol. The van der Waals surface area contributed by atoms with Crippen LogP contribution in [0.15, 0.2) is 30.3 Å². The summed E-state index contributed by atoms with van der Waals surface area (Å²) < 4.78 is 0. The molecule has 2 N–H and O–H groups in total. The molecular formula is C17H28N2O2. The van der Waals surface area contributed by atoms with Crippen molar-refractivity contribution in [1.82, 2.24) is 10.2 Å². The Balaban J connectivity index is 2.69. The number of hydrogen-bond donors (Lipinski definition) is 2. The Kier molecular flexibility index (Phi) is 7.40. The third-order valence-corrected chi connectivity index (χ3v) is 3.67. The van der Waals surface area contributed by atoms with Crippen molar-refractivity contribution in [2.24, 2.45) is 5.92 Å². The first-order valence-corrected chi connectivity index (χ1v) is 7.66. The summed E-state index contributed by atoms with van der Waals surface area (Å²) in [5, 5.41) is 12.4. The summed E-state index contributed by atoms with van der Waals surface area (Å²) in [5.41, 5.74) is 1.00. The molecule has 4 heteroatoms. The van der Waals surface area contributed by atoms with Crippen molar-refractivity contribution >= 4 is 5.91 Å². The molecule has 1 rings (SSSR count). The average Bonchev–Trinajstić information content (AvgIpc) is 2.45. The van der Waals surface area contributed by atoms with Crippen molar-refractivity contribution < 1.29 is 9.90 Å². The zero-order chi connectivity index (χ0) is 15.8. The Morgan fingerprint density at radius 1 is 1.29 bits per heavy atom. The predicted octanol–water partition coefficient (Wildman–Crippen LogP) is 2.20. The number of carbonyl (C=O) groups is 1. The Bertz CT molecular complexity index is 420. The minimum atomic E-state index is -0.333. The molecule has 0 bridgehead atoms. The van der Waals surface area contributed by atoms with Crippen molar-refractivity contribution in [3.05, 3.63) is 35.9 Å². The Hall–Kier alpha value is -1.39. The maximum Gasteiger partial charge on any atom is 0.241 e. The van der Waals surface area contributed by atoms with E-state index in [1.54, 1.807) is 6.92 Å². The minimum Gasteiger partial charge on any atom is -0.393 e. The van der Waals surface area contributed by atoms with Gasteiger partial charge in [0, 0.05) is 6.54 Å². The van der Waals surface area contributed by atoms with Gasteiger partial charge in [-0.3, -0.25) is 9.69 Å². The Labute approximate surface area is 128 Å². The number of likely N-dealkylation sites (N-methyl/N-ethyl adjacent to an activating group) is 1. The number of nitrogens with zero attached hydrogens (tertiary/aromatic N) is 1. The first-order valence-electron chi connectivity index (χ1n) is 7.66. The number of hydrogen-bond acceptors (Lipinski definition) is 3. The second-order valence-corrected chi connectivity index (χ2v) is 5.82. The molecule has 0 saturated carbocycles. The summed E-state index contributed by atoms with van der Waals surface area (Å²) in [6, 6.07) is 9.56. The number of benzene rings is 1. The fraction of sp³-hybridized carbons (Fsp3) is 0.588. The molecule has 0 spiro atoms. The number of nitrogens with one attached hydrogen (secondary N) is 1. The number of rotatable bonds is 8. The fourth-order valence-electron chi connectivity index (χ4n) is 2.46. The lowest BCUT2D eigenvalue weighted by Crippen LogP contribution is -2.40. The number of aliphatic hydroxyl groups is 1. The third kappa shape index (κ3) is 5.86. The summed E-state index contributed by atoms with van der Waals surface area (Å²) in [5.74, 6) is 0.278. The molecule has 0 aliphatic heterocycles. The van der Waals surface area contributed by atoms with Crippen LogP contribution in [0.5, 0.6) is 0 Å². The fourth-order valence-corrected chi connectivity index (χ4v) is 2.46. The summed E-state index contributed by atoms with van der Waals surface area (Å²) in [6.07, 6.45) is 0.361. The normalized spacial score (nSPS) is 15.5. The SMILES string of the molecule is CCN(C)C(C(=O)NCC(C)CC(C)O)c1ccccc1. The van der Waals surface area contributed by atoms with Gasteiger partial charge in [0.2, 0.25) is 5.91 Å². The molecule has 3 unspecified atom stereocenters.